The van der Waals surface area contributed by atoms with Crippen molar-refractivity contribution in [1.29, 1.82) is 0 Å². The van der Waals surface area contributed by atoms with E-state index in [2.05, 4.69) is 10.3 Å². The first-order valence-electron chi connectivity index (χ1n) is 11.2. The highest BCUT2D eigenvalue weighted by Gasteiger charge is 2.20. The van der Waals surface area contributed by atoms with Crippen LogP contribution in [-0.2, 0) is 24.4 Å². The number of aromatic amines is 1. The summed E-state index contributed by atoms with van der Waals surface area (Å²) in [6.45, 7) is 3.02. The molecular formula is C27H27ClN2O4. The number of H-pyrrole nitrogens is 1. The van der Waals surface area contributed by atoms with Gasteiger partial charge in [0.25, 0.3) is 0 Å². The summed E-state index contributed by atoms with van der Waals surface area (Å²) in [6.07, 6.45) is 2.22. The van der Waals surface area contributed by atoms with Gasteiger partial charge >= 0.3 is 5.97 Å². The van der Waals surface area contributed by atoms with Gasteiger partial charge in [-0.05, 0) is 41.8 Å². The van der Waals surface area contributed by atoms with Gasteiger partial charge in [-0.25, -0.2) is 0 Å². The fraction of sp³-hybridized carbons (Fsp3) is 0.222. The molecule has 0 amide bonds. The van der Waals surface area contributed by atoms with Crippen LogP contribution < -0.4 is 14.8 Å². The maximum Gasteiger partial charge on any atom is 0.321 e. The number of rotatable bonds is 11. The molecule has 3 N–H and O–H groups in total. The molecule has 0 radical (unpaired) electrons. The molecule has 0 bridgehead atoms. The molecule has 176 valence electrons. The maximum atomic E-state index is 11.9. The predicted octanol–water partition coefficient (Wildman–Crippen LogP) is 5.58. The fourth-order valence-corrected chi connectivity index (χ4v) is 4.15. The molecular weight excluding hydrogens is 452 g/mol. The predicted molar refractivity (Wildman–Crippen MR) is 134 cm³/mol. The maximum absolute atomic E-state index is 11.9. The fourth-order valence-electron chi connectivity index (χ4n) is 3.86. The average molecular weight is 479 g/mol. The van der Waals surface area contributed by atoms with Crippen molar-refractivity contribution in [3.8, 4) is 11.5 Å². The van der Waals surface area contributed by atoms with Crippen LogP contribution in [0.5, 0.6) is 11.5 Å². The molecule has 1 heterocycles. The molecule has 0 aliphatic heterocycles. The van der Waals surface area contributed by atoms with E-state index in [-0.39, 0.29) is 0 Å². The molecule has 4 aromatic rings. The molecule has 1 unspecified atom stereocenters. The van der Waals surface area contributed by atoms with E-state index in [1.807, 2.05) is 73.8 Å². The summed E-state index contributed by atoms with van der Waals surface area (Å²) in [7, 11) is 0. The Kier molecular flexibility index (Phi) is 7.72. The number of hydrogen-bond donors (Lipinski definition) is 3. The third-order valence-corrected chi connectivity index (χ3v) is 5.83. The van der Waals surface area contributed by atoms with Crippen molar-refractivity contribution in [2.45, 2.75) is 32.5 Å². The van der Waals surface area contributed by atoms with Crippen LogP contribution in [0.3, 0.4) is 0 Å². The minimum atomic E-state index is -0.913. The van der Waals surface area contributed by atoms with Crippen LogP contribution in [0, 0.1) is 0 Å². The molecule has 34 heavy (non-hydrogen) atoms. The molecule has 0 saturated heterocycles. The van der Waals surface area contributed by atoms with E-state index in [9.17, 15) is 9.90 Å². The topological polar surface area (TPSA) is 83.6 Å². The number of carboxylic acid groups (broad SMARTS) is 1. The monoisotopic (exact) mass is 478 g/mol. The van der Waals surface area contributed by atoms with Gasteiger partial charge in [-0.1, -0.05) is 60.1 Å². The Hall–Kier alpha value is -3.48. The van der Waals surface area contributed by atoms with E-state index in [1.54, 1.807) is 6.07 Å². The minimum absolute atomic E-state index is 0.318. The average Bonchev–Trinajstić information content (AvgIpc) is 3.24. The second-order valence-electron chi connectivity index (χ2n) is 7.95. The smallest absolute Gasteiger partial charge is 0.321 e. The molecule has 1 atom stereocenters. The van der Waals surface area contributed by atoms with Crippen LogP contribution in [0.25, 0.3) is 10.9 Å². The number of para-hydroxylation sites is 1. The van der Waals surface area contributed by atoms with Crippen molar-refractivity contribution in [3.05, 3.63) is 94.6 Å². The van der Waals surface area contributed by atoms with Gasteiger partial charge in [-0.3, -0.25) is 4.79 Å². The Morgan fingerprint density at radius 2 is 1.82 bits per heavy atom. The summed E-state index contributed by atoms with van der Waals surface area (Å²) in [5, 5.41) is 14.4. The first kappa shape index (κ1) is 23.7. The standard InChI is InChI=1S/C27H27ClN2O4/c1-2-33-25-13-19(12-22(28)26(25)34-17-18-8-4-3-5-9-18)15-29-24(27(31)32)14-20-16-30-23-11-7-6-10-21(20)23/h3-13,16,24,29-30H,2,14-15,17H2,1H3,(H,31,32). The lowest BCUT2D eigenvalue weighted by molar-refractivity contribution is -0.139. The third-order valence-electron chi connectivity index (χ3n) is 5.54. The van der Waals surface area contributed by atoms with Crippen molar-refractivity contribution in [2.24, 2.45) is 0 Å². The molecule has 3 aromatic carbocycles. The van der Waals surface area contributed by atoms with Gasteiger partial charge in [-0.15, -0.1) is 0 Å². The normalized spacial score (nSPS) is 11.9. The molecule has 0 spiro atoms. The Morgan fingerprint density at radius 3 is 2.59 bits per heavy atom. The Bertz CT molecular complexity index is 1260. The largest absolute Gasteiger partial charge is 0.490 e. The highest BCUT2D eigenvalue weighted by Crippen LogP contribution is 2.37. The van der Waals surface area contributed by atoms with Crippen LogP contribution in [-0.4, -0.2) is 28.7 Å². The summed E-state index contributed by atoms with van der Waals surface area (Å²) in [5.74, 6) is 0.0974. The molecule has 4 rings (SSSR count). The number of carbonyl (C=O) groups is 1. The number of halogens is 1. The van der Waals surface area contributed by atoms with E-state index in [4.69, 9.17) is 21.1 Å². The van der Waals surface area contributed by atoms with Crippen molar-refractivity contribution in [1.82, 2.24) is 10.3 Å². The zero-order chi connectivity index (χ0) is 23.9. The number of aliphatic carboxylic acids is 1. The first-order valence-corrected chi connectivity index (χ1v) is 11.6. The summed E-state index contributed by atoms with van der Waals surface area (Å²) in [5.41, 5.74) is 3.77. The van der Waals surface area contributed by atoms with Crippen LogP contribution >= 0.6 is 11.6 Å². The van der Waals surface area contributed by atoms with Gasteiger partial charge in [0.2, 0.25) is 0 Å². The summed E-state index contributed by atoms with van der Waals surface area (Å²) in [6, 6.07) is 20.5. The van der Waals surface area contributed by atoms with Crippen molar-refractivity contribution in [3.63, 3.8) is 0 Å². The molecule has 6 nitrogen and oxygen atoms in total. The van der Waals surface area contributed by atoms with Crippen molar-refractivity contribution in [2.75, 3.05) is 6.61 Å². The summed E-state index contributed by atoms with van der Waals surface area (Å²) < 4.78 is 11.7. The van der Waals surface area contributed by atoms with E-state index in [0.29, 0.717) is 42.7 Å². The van der Waals surface area contributed by atoms with E-state index >= 15 is 0 Å². The van der Waals surface area contributed by atoms with E-state index in [0.717, 1.165) is 27.6 Å². The zero-order valence-electron chi connectivity index (χ0n) is 18.9. The minimum Gasteiger partial charge on any atom is -0.490 e. The lowest BCUT2D eigenvalue weighted by atomic mass is 10.0. The number of aromatic nitrogens is 1. The summed E-state index contributed by atoms with van der Waals surface area (Å²) >= 11 is 6.54. The highest BCUT2D eigenvalue weighted by atomic mass is 35.5. The number of nitrogens with one attached hydrogen (secondary N) is 2. The second kappa shape index (κ2) is 11.1. The van der Waals surface area contributed by atoms with Gasteiger partial charge < -0.3 is 24.9 Å². The first-order chi connectivity index (χ1) is 16.5. The number of ether oxygens (including phenoxy) is 2. The van der Waals surface area contributed by atoms with E-state index < -0.39 is 12.0 Å². The van der Waals surface area contributed by atoms with Crippen molar-refractivity contribution < 1.29 is 19.4 Å². The molecule has 1 aromatic heterocycles. The second-order valence-corrected chi connectivity index (χ2v) is 8.35. The molecule has 0 aliphatic carbocycles. The Labute approximate surface area is 203 Å². The number of hydrogen-bond acceptors (Lipinski definition) is 4. The van der Waals surface area contributed by atoms with Crippen LogP contribution in [0.15, 0.2) is 72.9 Å². The van der Waals surface area contributed by atoms with Gasteiger partial charge in [0.15, 0.2) is 11.5 Å². The zero-order valence-corrected chi connectivity index (χ0v) is 19.6. The molecule has 0 fully saturated rings. The number of benzene rings is 3. The van der Waals surface area contributed by atoms with Crippen LogP contribution in [0.1, 0.15) is 23.6 Å². The third kappa shape index (κ3) is 5.71. The SMILES string of the molecule is CCOc1cc(CNC(Cc2c[nH]c3ccccc23)C(=O)O)cc(Cl)c1OCc1ccccc1. The van der Waals surface area contributed by atoms with Gasteiger partial charge in [0.05, 0.1) is 11.6 Å². The highest BCUT2D eigenvalue weighted by molar-refractivity contribution is 6.32. The molecule has 7 heteroatoms. The van der Waals surface area contributed by atoms with Gasteiger partial charge in [0, 0.05) is 30.1 Å². The molecule has 0 saturated carbocycles. The Morgan fingerprint density at radius 1 is 1.06 bits per heavy atom. The lowest BCUT2D eigenvalue weighted by Crippen LogP contribution is -2.38. The number of carboxylic acids is 1. The van der Waals surface area contributed by atoms with Gasteiger partial charge in [0.1, 0.15) is 12.6 Å². The Balaban J connectivity index is 1.47. The van der Waals surface area contributed by atoms with Crippen LogP contribution in [0.2, 0.25) is 5.02 Å². The van der Waals surface area contributed by atoms with Crippen LogP contribution in [0.4, 0.5) is 0 Å². The summed E-state index contributed by atoms with van der Waals surface area (Å²) in [4.78, 5) is 15.1. The lowest BCUT2D eigenvalue weighted by Gasteiger charge is -2.17. The molecule has 0 aliphatic rings. The quantitative estimate of drug-likeness (QED) is 0.262. The van der Waals surface area contributed by atoms with Crippen molar-refractivity contribution >= 4 is 28.5 Å². The van der Waals surface area contributed by atoms with Gasteiger partial charge in [-0.2, -0.15) is 0 Å². The van der Waals surface area contributed by atoms with E-state index in [1.165, 1.54) is 0 Å². The number of fused-ring (bicyclic) bond motifs is 1.